The predicted octanol–water partition coefficient (Wildman–Crippen LogP) is 2.85. The molecule has 0 aromatic rings. The number of piperidine rings is 1. The molecule has 0 spiro atoms. The largest absolute Gasteiger partial charge is 0.481 e. The fourth-order valence-corrected chi connectivity index (χ4v) is 3.69. The Hall–Kier alpha value is -1.26. The molecule has 5 nitrogen and oxygen atoms in total. The quantitative estimate of drug-likeness (QED) is 0.841. The van der Waals surface area contributed by atoms with E-state index in [0.717, 1.165) is 12.8 Å². The number of hydrogen-bond acceptors (Lipinski definition) is 2. The van der Waals surface area contributed by atoms with Crippen LogP contribution in [0.1, 0.15) is 58.8 Å². The van der Waals surface area contributed by atoms with Crippen LogP contribution in [-0.2, 0) is 4.79 Å². The number of nitrogens with one attached hydrogen (secondary N) is 1. The molecule has 120 valence electrons. The Balaban J connectivity index is 1.84. The molecule has 2 fully saturated rings. The van der Waals surface area contributed by atoms with Gasteiger partial charge in [0.1, 0.15) is 0 Å². The molecule has 1 saturated carbocycles. The Labute approximate surface area is 127 Å². The summed E-state index contributed by atoms with van der Waals surface area (Å²) in [5.41, 5.74) is -0.629. The number of nitrogens with zero attached hydrogens (tertiary/aromatic N) is 1. The summed E-state index contributed by atoms with van der Waals surface area (Å²) >= 11 is 0. The first kappa shape index (κ1) is 16.1. The van der Waals surface area contributed by atoms with Crippen LogP contribution >= 0.6 is 0 Å². The molecule has 2 unspecified atom stereocenters. The van der Waals surface area contributed by atoms with Gasteiger partial charge in [-0.05, 0) is 38.0 Å². The van der Waals surface area contributed by atoms with Crippen molar-refractivity contribution in [3.63, 3.8) is 0 Å². The highest BCUT2D eigenvalue weighted by Crippen LogP contribution is 2.35. The summed E-state index contributed by atoms with van der Waals surface area (Å²) in [6.45, 7) is 5.26. The normalized spacial score (nSPS) is 29.0. The van der Waals surface area contributed by atoms with E-state index in [4.69, 9.17) is 0 Å². The second kappa shape index (κ2) is 6.67. The lowest BCUT2D eigenvalue weighted by Gasteiger charge is -2.39. The molecule has 0 aromatic carbocycles. The van der Waals surface area contributed by atoms with Gasteiger partial charge in [-0.25, -0.2) is 4.79 Å². The van der Waals surface area contributed by atoms with Crippen LogP contribution in [0.5, 0.6) is 0 Å². The SMILES string of the molecule is CCC1(C(=O)O)CCN(C(=O)NC2CCCC(C)C2)CC1. The van der Waals surface area contributed by atoms with Crippen molar-refractivity contribution >= 4 is 12.0 Å². The monoisotopic (exact) mass is 296 g/mol. The van der Waals surface area contributed by atoms with Gasteiger partial charge in [-0.15, -0.1) is 0 Å². The number of carbonyl (C=O) groups is 2. The maximum atomic E-state index is 12.3. The van der Waals surface area contributed by atoms with E-state index in [2.05, 4.69) is 12.2 Å². The minimum atomic E-state index is -0.717. The lowest BCUT2D eigenvalue weighted by Crippen LogP contribution is -2.51. The maximum Gasteiger partial charge on any atom is 0.317 e. The van der Waals surface area contributed by atoms with Crippen LogP contribution in [-0.4, -0.2) is 41.1 Å². The molecule has 1 saturated heterocycles. The summed E-state index contributed by atoms with van der Waals surface area (Å²) in [5.74, 6) is -0.0312. The van der Waals surface area contributed by atoms with E-state index < -0.39 is 11.4 Å². The molecule has 2 aliphatic rings. The second-order valence-electron chi connectivity index (χ2n) is 6.84. The minimum absolute atomic E-state index is 0.0100. The third-order valence-corrected chi connectivity index (χ3v) is 5.40. The van der Waals surface area contributed by atoms with Crippen molar-refractivity contribution in [3.8, 4) is 0 Å². The van der Waals surface area contributed by atoms with Gasteiger partial charge in [-0.1, -0.05) is 26.7 Å². The average molecular weight is 296 g/mol. The topological polar surface area (TPSA) is 69.6 Å². The fourth-order valence-electron chi connectivity index (χ4n) is 3.69. The molecule has 0 bridgehead atoms. The molecule has 2 N–H and O–H groups in total. The van der Waals surface area contributed by atoms with Crippen molar-refractivity contribution < 1.29 is 14.7 Å². The van der Waals surface area contributed by atoms with Crippen LogP contribution in [0.25, 0.3) is 0 Å². The van der Waals surface area contributed by atoms with Gasteiger partial charge >= 0.3 is 12.0 Å². The Morgan fingerprint density at radius 2 is 1.95 bits per heavy atom. The first-order valence-corrected chi connectivity index (χ1v) is 8.25. The highest BCUT2D eigenvalue weighted by atomic mass is 16.4. The van der Waals surface area contributed by atoms with E-state index in [-0.39, 0.29) is 6.03 Å². The zero-order chi connectivity index (χ0) is 15.5. The first-order chi connectivity index (χ1) is 9.97. The summed E-state index contributed by atoms with van der Waals surface area (Å²) < 4.78 is 0. The smallest absolute Gasteiger partial charge is 0.317 e. The van der Waals surface area contributed by atoms with E-state index in [9.17, 15) is 14.7 Å². The molecule has 2 rings (SSSR count). The summed E-state index contributed by atoms with van der Waals surface area (Å²) in [7, 11) is 0. The van der Waals surface area contributed by atoms with Gasteiger partial charge in [-0.2, -0.15) is 0 Å². The lowest BCUT2D eigenvalue weighted by molar-refractivity contribution is -0.151. The molecule has 2 atom stereocenters. The van der Waals surface area contributed by atoms with Crippen LogP contribution in [0.15, 0.2) is 0 Å². The molecule has 0 radical (unpaired) electrons. The van der Waals surface area contributed by atoms with Gasteiger partial charge in [0, 0.05) is 19.1 Å². The number of carboxylic acid groups (broad SMARTS) is 1. The Kier molecular flexibility index (Phi) is 5.12. The summed E-state index contributed by atoms with van der Waals surface area (Å²) in [4.78, 5) is 25.5. The molecular weight excluding hydrogens is 268 g/mol. The van der Waals surface area contributed by atoms with Crippen molar-refractivity contribution in [2.24, 2.45) is 11.3 Å². The van der Waals surface area contributed by atoms with E-state index in [1.165, 1.54) is 12.8 Å². The lowest BCUT2D eigenvalue weighted by atomic mass is 9.76. The van der Waals surface area contributed by atoms with Crippen molar-refractivity contribution in [2.75, 3.05) is 13.1 Å². The van der Waals surface area contributed by atoms with Crippen LogP contribution < -0.4 is 5.32 Å². The number of urea groups is 1. The van der Waals surface area contributed by atoms with E-state index in [1.54, 1.807) is 4.90 Å². The molecule has 2 amide bonds. The summed E-state index contributed by atoms with van der Waals surface area (Å²) in [5, 5.41) is 12.5. The molecule has 1 aliphatic heterocycles. The number of likely N-dealkylation sites (tertiary alicyclic amines) is 1. The standard InChI is InChI=1S/C16H28N2O3/c1-3-16(14(19)20)7-9-18(10-8-16)15(21)17-13-6-4-5-12(2)11-13/h12-13H,3-11H2,1-2H3,(H,17,21)(H,19,20). The number of carboxylic acids is 1. The van der Waals surface area contributed by atoms with Crippen LogP contribution in [0.4, 0.5) is 4.79 Å². The minimum Gasteiger partial charge on any atom is -0.481 e. The van der Waals surface area contributed by atoms with Crippen molar-refractivity contribution in [1.82, 2.24) is 10.2 Å². The average Bonchev–Trinajstić information content (AvgIpc) is 2.47. The fraction of sp³-hybridized carbons (Fsp3) is 0.875. The predicted molar refractivity (Wildman–Crippen MR) is 81.1 cm³/mol. The summed E-state index contributed by atoms with van der Waals surface area (Å²) in [6, 6.07) is 0.280. The van der Waals surface area contributed by atoms with Crippen molar-refractivity contribution in [1.29, 1.82) is 0 Å². The molecular formula is C16H28N2O3. The van der Waals surface area contributed by atoms with Crippen molar-refractivity contribution in [3.05, 3.63) is 0 Å². The number of amides is 2. The van der Waals surface area contributed by atoms with Gasteiger partial charge in [0.15, 0.2) is 0 Å². The highest BCUT2D eigenvalue weighted by Gasteiger charge is 2.41. The highest BCUT2D eigenvalue weighted by molar-refractivity contribution is 5.77. The number of carbonyl (C=O) groups excluding carboxylic acids is 1. The van der Waals surface area contributed by atoms with Crippen LogP contribution in [0.2, 0.25) is 0 Å². The zero-order valence-electron chi connectivity index (χ0n) is 13.2. The van der Waals surface area contributed by atoms with E-state index in [0.29, 0.717) is 44.3 Å². The van der Waals surface area contributed by atoms with Gasteiger partial charge in [0.05, 0.1) is 5.41 Å². The third-order valence-electron chi connectivity index (χ3n) is 5.40. The van der Waals surface area contributed by atoms with Gasteiger partial charge < -0.3 is 15.3 Å². The van der Waals surface area contributed by atoms with Gasteiger partial charge in [0.25, 0.3) is 0 Å². The van der Waals surface area contributed by atoms with Gasteiger partial charge in [0.2, 0.25) is 0 Å². The molecule has 5 heteroatoms. The third kappa shape index (κ3) is 3.69. The molecule has 1 aliphatic carbocycles. The number of rotatable bonds is 3. The maximum absolute atomic E-state index is 12.3. The number of hydrogen-bond donors (Lipinski definition) is 2. The zero-order valence-corrected chi connectivity index (χ0v) is 13.2. The van der Waals surface area contributed by atoms with E-state index >= 15 is 0 Å². The number of aliphatic carboxylic acids is 1. The van der Waals surface area contributed by atoms with Crippen LogP contribution in [0.3, 0.4) is 0 Å². The Morgan fingerprint density at radius 3 is 2.48 bits per heavy atom. The molecule has 0 aromatic heterocycles. The first-order valence-electron chi connectivity index (χ1n) is 8.25. The Morgan fingerprint density at radius 1 is 1.29 bits per heavy atom. The molecule has 21 heavy (non-hydrogen) atoms. The van der Waals surface area contributed by atoms with Gasteiger partial charge in [-0.3, -0.25) is 4.79 Å². The summed E-state index contributed by atoms with van der Waals surface area (Å²) in [6.07, 6.45) is 6.34. The second-order valence-corrected chi connectivity index (χ2v) is 6.84. The van der Waals surface area contributed by atoms with Crippen LogP contribution in [0, 0.1) is 11.3 Å². The Bertz CT molecular complexity index is 389. The van der Waals surface area contributed by atoms with E-state index in [1.807, 2.05) is 6.92 Å². The van der Waals surface area contributed by atoms with Crippen molar-refractivity contribution in [2.45, 2.75) is 64.8 Å². The molecule has 1 heterocycles.